The van der Waals surface area contributed by atoms with E-state index in [0.717, 1.165) is 6.54 Å². The molecule has 1 aliphatic rings. The lowest BCUT2D eigenvalue weighted by Crippen LogP contribution is -2.38. The van der Waals surface area contributed by atoms with Crippen LogP contribution < -0.4 is 10.6 Å². The molecule has 0 spiro atoms. The van der Waals surface area contributed by atoms with Crippen LogP contribution in [0.2, 0.25) is 0 Å². The molecule has 2 N–H and O–H groups in total. The number of carbonyl (C=O) groups excluding carboxylic acids is 1. The molecule has 78 valence electrons. The van der Waals surface area contributed by atoms with Gasteiger partial charge in [-0.15, -0.1) is 0 Å². The predicted molar refractivity (Wildman–Crippen MR) is 53.6 cm³/mol. The smallest absolute Gasteiger partial charge is 0.314 e. The Morgan fingerprint density at radius 1 is 1.36 bits per heavy atom. The van der Waals surface area contributed by atoms with Crippen molar-refractivity contribution in [1.29, 1.82) is 5.26 Å². The summed E-state index contributed by atoms with van der Waals surface area (Å²) in [7, 11) is 0. The second kappa shape index (κ2) is 6.25. The molecular formula is C10H17N3O. The Bertz CT molecular complexity index is 216. The molecule has 4 nitrogen and oxygen atoms in total. The average molecular weight is 195 g/mol. The highest BCUT2D eigenvalue weighted by Gasteiger charge is 2.15. The minimum atomic E-state index is -0.146. The van der Waals surface area contributed by atoms with Crippen LogP contribution in [0, 0.1) is 17.2 Å². The SMILES string of the molecule is N#CCCNC(=O)NCC1CCCC1. The van der Waals surface area contributed by atoms with Crippen LogP contribution in [-0.2, 0) is 0 Å². The molecule has 1 aliphatic carbocycles. The van der Waals surface area contributed by atoms with Crippen molar-refractivity contribution < 1.29 is 4.79 Å². The van der Waals surface area contributed by atoms with Crippen LogP contribution >= 0.6 is 0 Å². The Morgan fingerprint density at radius 3 is 2.71 bits per heavy atom. The fourth-order valence-corrected chi connectivity index (χ4v) is 1.75. The molecule has 0 atom stereocenters. The van der Waals surface area contributed by atoms with Gasteiger partial charge < -0.3 is 10.6 Å². The van der Waals surface area contributed by atoms with E-state index < -0.39 is 0 Å². The molecule has 0 aromatic heterocycles. The monoisotopic (exact) mass is 195 g/mol. The van der Waals surface area contributed by atoms with Crippen LogP contribution in [0.3, 0.4) is 0 Å². The molecular weight excluding hydrogens is 178 g/mol. The highest BCUT2D eigenvalue weighted by Crippen LogP contribution is 2.23. The number of nitrogens with one attached hydrogen (secondary N) is 2. The van der Waals surface area contributed by atoms with Gasteiger partial charge in [-0.25, -0.2) is 4.79 Å². The van der Waals surface area contributed by atoms with Crippen LogP contribution in [0.1, 0.15) is 32.1 Å². The van der Waals surface area contributed by atoms with E-state index in [1.165, 1.54) is 25.7 Å². The molecule has 4 heteroatoms. The number of nitriles is 1. The van der Waals surface area contributed by atoms with Crippen molar-refractivity contribution in [2.45, 2.75) is 32.1 Å². The summed E-state index contributed by atoms with van der Waals surface area (Å²) in [6.07, 6.45) is 5.43. The standard InChI is InChI=1S/C10H17N3O/c11-6-3-7-12-10(14)13-8-9-4-1-2-5-9/h9H,1-5,7-8H2,(H2,12,13,14). The molecule has 0 saturated heterocycles. The molecule has 0 radical (unpaired) electrons. The van der Waals surface area contributed by atoms with Crippen molar-refractivity contribution in [3.05, 3.63) is 0 Å². The third-order valence-corrected chi connectivity index (χ3v) is 2.55. The summed E-state index contributed by atoms with van der Waals surface area (Å²) < 4.78 is 0. The van der Waals surface area contributed by atoms with Gasteiger partial charge in [0.25, 0.3) is 0 Å². The summed E-state index contributed by atoms with van der Waals surface area (Å²) in [4.78, 5) is 11.1. The number of rotatable bonds is 4. The lowest BCUT2D eigenvalue weighted by atomic mass is 10.1. The van der Waals surface area contributed by atoms with Crippen molar-refractivity contribution >= 4 is 6.03 Å². The van der Waals surface area contributed by atoms with Gasteiger partial charge in [0, 0.05) is 13.1 Å². The Morgan fingerprint density at radius 2 is 2.07 bits per heavy atom. The van der Waals surface area contributed by atoms with Gasteiger partial charge in [0.15, 0.2) is 0 Å². The van der Waals surface area contributed by atoms with Crippen LogP contribution in [-0.4, -0.2) is 19.1 Å². The second-order valence-electron chi connectivity index (χ2n) is 3.70. The Kier molecular flexibility index (Phi) is 4.84. The van der Waals surface area contributed by atoms with Gasteiger partial charge in [-0.3, -0.25) is 0 Å². The molecule has 0 unspecified atom stereocenters. The quantitative estimate of drug-likeness (QED) is 0.666. The zero-order valence-corrected chi connectivity index (χ0v) is 8.38. The maximum atomic E-state index is 11.1. The zero-order chi connectivity index (χ0) is 10.2. The van der Waals surface area contributed by atoms with Gasteiger partial charge in [-0.2, -0.15) is 5.26 Å². The first-order valence-electron chi connectivity index (χ1n) is 5.21. The van der Waals surface area contributed by atoms with Gasteiger partial charge in [-0.1, -0.05) is 12.8 Å². The fourth-order valence-electron chi connectivity index (χ4n) is 1.75. The topological polar surface area (TPSA) is 64.9 Å². The molecule has 0 aromatic carbocycles. The summed E-state index contributed by atoms with van der Waals surface area (Å²) in [5.41, 5.74) is 0. The molecule has 1 fully saturated rings. The lowest BCUT2D eigenvalue weighted by Gasteiger charge is -2.10. The summed E-state index contributed by atoms with van der Waals surface area (Å²) in [5, 5.41) is 13.7. The van der Waals surface area contributed by atoms with E-state index in [9.17, 15) is 4.79 Å². The molecule has 1 rings (SSSR count). The lowest BCUT2D eigenvalue weighted by molar-refractivity contribution is 0.239. The van der Waals surface area contributed by atoms with Crippen molar-refractivity contribution in [1.82, 2.24) is 10.6 Å². The third-order valence-electron chi connectivity index (χ3n) is 2.55. The van der Waals surface area contributed by atoms with Crippen LogP contribution in [0.15, 0.2) is 0 Å². The molecule has 0 aliphatic heterocycles. The number of hydrogen-bond acceptors (Lipinski definition) is 2. The minimum absolute atomic E-state index is 0.146. The van der Waals surface area contributed by atoms with Crippen molar-refractivity contribution in [2.75, 3.05) is 13.1 Å². The number of nitrogens with zero attached hydrogens (tertiary/aromatic N) is 1. The van der Waals surface area contributed by atoms with Crippen LogP contribution in [0.25, 0.3) is 0 Å². The van der Waals surface area contributed by atoms with E-state index in [2.05, 4.69) is 10.6 Å². The van der Waals surface area contributed by atoms with E-state index in [-0.39, 0.29) is 6.03 Å². The van der Waals surface area contributed by atoms with Gasteiger partial charge in [0.2, 0.25) is 0 Å². The van der Waals surface area contributed by atoms with Crippen molar-refractivity contribution in [2.24, 2.45) is 5.92 Å². The molecule has 0 heterocycles. The molecule has 0 aromatic rings. The number of carbonyl (C=O) groups is 1. The average Bonchev–Trinajstić information content (AvgIpc) is 2.68. The fraction of sp³-hybridized carbons (Fsp3) is 0.800. The Labute approximate surface area is 84.7 Å². The van der Waals surface area contributed by atoms with Crippen molar-refractivity contribution in [3.63, 3.8) is 0 Å². The predicted octanol–water partition coefficient (Wildman–Crippen LogP) is 1.39. The van der Waals surface area contributed by atoms with E-state index >= 15 is 0 Å². The minimum Gasteiger partial charge on any atom is -0.338 e. The number of amides is 2. The zero-order valence-electron chi connectivity index (χ0n) is 8.38. The molecule has 14 heavy (non-hydrogen) atoms. The van der Waals surface area contributed by atoms with Gasteiger partial charge >= 0.3 is 6.03 Å². The summed E-state index contributed by atoms with van der Waals surface area (Å²) in [6, 6.07) is 1.83. The van der Waals surface area contributed by atoms with Gasteiger partial charge in [0.05, 0.1) is 12.5 Å². The second-order valence-corrected chi connectivity index (χ2v) is 3.70. The van der Waals surface area contributed by atoms with Crippen molar-refractivity contribution in [3.8, 4) is 6.07 Å². The highest BCUT2D eigenvalue weighted by molar-refractivity contribution is 5.73. The van der Waals surface area contributed by atoms with E-state index in [1.54, 1.807) is 0 Å². The van der Waals surface area contributed by atoms with Gasteiger partial charge in [-0.05, 0) is 18.8 Å². The number of urea groups is 1. The third kappa shape index (κ3) is 4.13. The Hall–Kier alpha value is -1.24. The van der Waals surface area contributed by atoms with Crippen LogP contribution in [0.5, 0.6) is 0 Å². The molecule has 2 amide bonds. The van der Waals surface area contributed by atoms with E-state index in [4.69, 9.17) is 5.26 Å². The summed E-state index contributed by atoms with van der Waals surface area (Å²) >= 11 is 0. The number of hydrogen-bond donors (Lipinski definition) is 2. The Balaban J connectivity index is 2.00. The molecule has 0 bridgehead atoms. The highest BCUT2D eigenvalue weighted by atomic mass is 16.2. The first-order chi connectivity index (χ1) is 6.83. The maximum absolute atomic E-state index is 11.1. The summed E-state index contributed by atoms with van der Waals surface area (Å²) in [6.45, 7) is 1.21. The normalized spacial score (nSPS) is 16.2. The first kappa shape index (κ1) is 10.8. The van der Waals surface area contributed by atoms with Crippen LogP contribution in [0.4, 0.5) is 4.79 Å². The largest absolute Gasteiger partial charge is 0.338 e. The van der Waals surface area contributed by atoms with E-state index in [0.29, 0.717) is 18.9 Å². The summed E-state index contributed by atoms with van der Waals surface area (Å²) in [5.74, 6) is 0.664. The van der Waals surface area contributed by atoms with Gasteiger partial charge in [0.1, 0.15) is 0 Å². The first-order valence-corrected chi connectivity index (χ1v) is 5.21. The van der Waals surface area contributed by atoms with E-state index in [1.807, 2.05) is 6.07 Å². The maximum Gasteiger partial charge on any atom is 0.314 e. The molecule has 1 saturated carbocycles.